The van der Waals surface area contributed by atoms with Gasteiger partial charge in [-0.2, -0.15) is 0 Å². The molecule has 3 rings (SSSR count). The molecule has 1 aliphatic heterocycles. The lowest BCUT2D eigenvalue weighted by Crippen LogP contribution is -2.39. The molecule has 1 amide bonds. The molecule has 0 saturated carbocycles. The van der Waals surface area contributed by atoms with E-state index in [-0.39, 0.29) is 16.7 Å². The Morgan fingerprint density at radius 2 is 2.04 bits per heavy atom. The van der Waals surface area contributed by atoms with Crippen molar-refractivity contribution in [3.63, 3.8) is 0 Å². The topological polar surface area (TPSA) is 98.3 Å². The number of carbonyl (C=O) groups excluding carboxylic acids is 1. The van der Waals surface area contributed by atoms with E-state index in [0.717, 1.165) is 25.2 Å². The number of amides is 1. The van der Waals surface area contributed by atoms with Gasteiger partial charge in [0, 0.05) is 43.5 Å². The van der Waals surface area contributed by atoms with Gasteiger partial charge in [-0.15, -0.1) is 0 Å². The largest absolute Gasteiger partial charge is 0.338 e. The maximum atomic E-state index is 12.7. The van der Waals surface area contributed by atoms with Crippen LogP contribution in [0.5, 0.6) is 0 Å². The normalized spacial score (nSPS) is 18.3. The zero-order chi connectivity index (χ0) is 18.0. The molecule has 1 aromatic heterocycles. The molecule has 1 aromatic carbocycles. The van der Waals surface area contributed by atoms with Crippen molar-refractivity contribution < 1.29 is 13.2 Å². The van der Waals surface area contributed by atoms with E-state index in [1.165, 1.54) is 24.3 Å². The average Bonchev–Trinajstić information content (AvgIpc) is 3.09. The van der Waals surface area contributed by atoms with Crippen molar-refractivity contribution in [1.29, 1.82) is 0 Å². The Balaban J connectivity index is 1.76. The van der Waals surface area contributed by atoms with Gasteiger partial charge >= 0.3 is 0 Å². The summed E-state index contributed by atoms with van der Waals surface area (Å²) in [5, 5.41) is 5.09. The number of nitrogens with two attached hydrogens (primary N) is 1. The molecular formula is C17H22N4O3S. The Morgan fingerprint density at radius 1 is 1.32 bits per heavy atom. The minimum atomic E-state index is -3.75. The van der Waals surface area contributed by atoms with E-state index in [2.05, 4.69) is 16.5 Å². The molecule has 2 heterocycles. The molecule has 8 heteroatoms. The number of carbonyl (C=O) groups is 1. The molecule has 0 unspecified atom stereocenters. The molecule has 25 heavy (non-hydrogen) atoms. The number of likely N-dealkylation sites (tertiary alicyclic amines) is 1. The monoisotopic (exact) mass is 362 g/mol. The number of sulfonamides is 1. The minimum absolute atomic E-state index is 0.00513. The molecule has 0 aliphatic carbocycles. The van der Waals surface area contributed by atoms with Crippen LogP contribution in [0.3, 0.4) is 0 Å². The predicted octanol–water partition coefficient (Wildman–Crippen LogP) is 1.57. The summed E-state index contributed by atoms with van der Waals surface area (Å²) in [7, 11) is -3.75. The van der Waals surface area contributed by atoms with E-state index >= 15 is 0 Å². The summed E-state index contributed by atoms with van der Waals surface area (Å²) in [5.74, 6) is 1.14. The van der Waals surface area contributed by atoms with Gasteiger partial charge in [-0.25, -0.2) is 18.5 Å². The zero-order valence-corrected chi connectivity index (χ0v) is 14.9. The number of primary sulfonamides is 1. The first-order valence-corrected chi connectivity index (χ1v) is 9.88. The third kappa shape index (κ3) is 3.74. The minimum Gasteiger partial charge on any atom is -0.338 e. The first-order chi connectivity index (χ1) is 11.9. The lowest BCUT2D eigenvalue weighted by atomic mass is 9.96. The highest BCUT2D eigenvalue weighted by Crippen LogP contribution is 2.27. The number of rotatable bonds is 4. The summed E-state index contributed by atoms with van der Waals surface area (Å²) in [4.78, 5) is 19.0. The summed E-state index contributed by atoms with van der Waals surface area (Å²) in [6, 6.07) is 5.76. The average molecular weight is 362 g/mol. The van der Waals surface area contributed by atoms with Gasteiger partial charge < -0.3 is 9.47 Å². The quantitative estimate of drug-likeness (QED) is 0.892. The van der Waals surface area contributed by atoms with Crippen LogP contribution in [0.2, 0.25) is 0 Å². The Hall–Kier alpha value is -2.19. The Bertz CT molecular complexity index is 858. The molecule has 134 valence electrons. The van der Waals surface area contributed by atoms with Gasteiger partial charge in [0.1, 0.15) is 5.82 Å². The van der Waals surface area contributed by atoms with Crippen LogP contribution in [0.15, 0.2) is 41.6 Å². The van der Waals surface area contributed by atoms with Crippen molar-refractivity contribution in [2.45, 2.75) is 37.1 Å². The first-order valence-electron chi connectivity index (χ1n) is 8.33. The van der Waals surface area contributed by atoms with Crippen LogP contribution in [0, 0.1) is 0 Å². The lowest BCUT2D eigenvalue weighted by molar-refractivity contribution is 0.0703. The summed E-state index contributed by atoms with van der Waals surface area (Å²) in [6.45, 7) is 4.24. The highest BCUT2D eigenvalue weighted by atomic mass is 32.2. The summed E-state index contributed by atoms with van der Waals surface area (Å²) < 4.78 is 24.8. The SMILES string of the molecule is CCn1ccnc1[C@H]1CCCN(C(=O)c2ccc(S(N)(=O)=O)cc2)C1. The van der Waals surface area contributed by atoms with Crippen molar-refractivity contribution in [2.24, 2.45) is 5.14 Å². The smallest absolute Gasteiger partial charge is 0.253 e. The van der Waals surface area contributed by atoms with E-state index in [4.69, 9.17) is 5.14 Å². The van der Waals surface area contributed by atoms with Crippen LogP contribution in [-0.2, 0) is 16.6 Å². The molecule has 2 N–H and O–H groups in total. The van der Waals surface area contributed by atoms with Crippen molar-refractivity contribution in [1.82, 2.24) is 14.5 Å². The van der Waals surface area contributed by atoms with Gasteiger partial charge in [0.15, 0.2) is 0 Å². The van der Waals surface area contributed by atoms with E-state index in [1.807, 2.05) is 11.1 Å². The second-order valence-corrected chi connectivity index (χ2v) is 7.79. The Labute approximate surface area is 147 Å². The van der Waals surface area contributed by atoms with E-state index in [1.54, 1.807) is 6.20 Å². The maximum Gasteiger partial charge on any atom is 0.253 e. The fourth-order valence-electron chi connectivity index (χ4n) is 3.29. The molecule has 1 saturated heterocycles. The van der Waals surface area contributed by atoms with Crippen LogP contribution in [0.4, 0.5) is 0 Å². The summed E-state index contributed by atoms with van der Waals surface area (Å²) >= 11 is 0. The summed E-state index contributed by atoms with van der Waals surface area (Å²) in [6.07, 6.45) is 5.68. The van der Waals surface area contributed by atoms with E-state index in [0.29, 0.717) is 18.7 Å². The maximum absolute atomic E-state index is 12.7. The fraction of sp³-hybridized carbons (Fsp3) is 0.412. The highest BCUT2D eigenvalue weighted by molar-refractivity contribution is 7.89. The van der Waals surface area contributed by atoms with Crippen molar-refractivity contribution in [3.8, 4) is 0 Å². The van der Waals surface area contributed by atoms with E-state index in [9.17, 15) is 13.2 Å². The van der Waals surface area contributed by atoms with Gasteiger partial charge in [-0.05, 0) is 44.0 Å². The fourth-order valence-corrected chi connectivity index (χ4v) is 3.81. The molecule has 1 atom stereocenters. The van der Waals surface area contributed by atoms with Crippen LogP contribution in [0.1, 0.15) is 41.9 Å². The van der Waals surface area contributed by atoms with Gasteiger partial charge in [-0.1, -0.05) is 0 Å². The number of aromatic nitrogens is 2. The van der Waals surface area contributed by atoms with Crippen LogP contribution >= 0.6 is 0 Å². The standard InChI is InChI=1S/C17H22N4O3S/c1-2-20-11-9-19-16(20)14-4-3-10-21(12-14)17(22)13-5-7-15(8-6-13)25(18,23)24/h5-9,11,14H,2-4,10,12H2,1H3,(H2,18,23,24)/t14-/m0/s1. The molecule has 2 aromatic rings. The number of aryl methyl sites for hydroxylation is 1. The number of benzene rings is 1. The molecule has 0 spiro atoms. The molecular weight excluding hydrogens is 340 g/mol. The van der Waals surface area contributed by atoms with Gasteiger partial charge in [0.05, 0.1) is 4.90 Å². The van der Waals surface area contributed by atoms with Crippen LogP contribution in [-0.4, -0.2) is 41.9 Å². The molecule has 1 fully saturated rings. The number of nitrogens with zero attached hydrogens (tertiary/aromatic N) is 3. The third-order valence-electron chi connectivity index (χ3n) is 4.59. The molecule has 0 bridgehead atoms. The lowest BCUT2D eigenvalue weighted by Gasteiger charge is -2.32. The van der Waals surface area contributed by atoms with Crippen molar-refractivity contribution in [2.75, 3.05) is 13.1 Å². The van der Waals surface area contributed by atoms with Crippen LogP contribution in [0.25, 0.3) is 0 Å². The van der Waals surface area contributed by atoms with E-state index < -0.39 is 10.0 Å². The predicted molar refractivity (Wildman–Crippen MR) is 93.6 cm³/mol. The number of hydrogen-bond donors (Lipinski definition) is 1. The Kier molecular flexibility index (Phi) is 4.91. The molecule has 0 radical (unpaired) electrons. The number of hydrogen-bond acceptors (Lipinski definition) is 4. The second kappa shape index (κ2) is 6.97. The van der Waals surface area contributed by atoms with Crippen molar-refractivity contribution >= 4 is 15.9 Å². The van der Waals surface area contributed by atoms with Gasteiger partial charge in [0.25, 0.3) is 5.91 Å². The molecule has 7 nitrogen and oxygen atoms in total. The zero-order valence-electron chi connectivity index (χ0n) is 14.1. The first kappa shape index (κ1) is 17.6. The summed E-state index contributed by atoms with van der Waals surface area (Å²) in [5.41, 5.74) is 0.465. The highest BCUT2D eigenvalue weighted by Gasteiger charge is 2.28. The van der Waals surface area contributed by atoms with Gasteiger partial charge in [-0.3, -0.25) is 4.79 Å². The Morgan fingerprint density at radius 3 is 2.68 bits per heavy atom. The van der Waals surface area contributed by atoms with Crippen molar-refractivity contribution in [3.05, 3.63) is 48.0 Å². The number of imidazole rings is 1. The number of piperidine rings is 1. The van der Waals surface area contributed by atoms with Crippen LogP contribution < -0.4 is 5.14 Å². The third-order valence-corrected chi connectivity index (χ3v) is 5.52. The second-order valence-electron chi connectivity index (χ2n) is 6.23. The molecule has 1 aliphatic rings. The van der Waals surface area contributed by atoms with Gasteiger partial charge in [0.2, 0.25) is 10.0 Å².